The molecule has 2 N–H and O–H groups in total. The van der Waals surface area contributed by atoms with Gasteiger partial charge in [0.1, 0.15) is 0 Å². The fraction of sp³-hybridized carbons (Fsp3) is 0.150. The summed E-state index contributed by atoms with van der Waals surface area (Å²) < 4.78 is 40.7. The van der Waals surface area contributed by atoms with E-state index in [0.717, 1.165) is 11.6 Å². The smallest absolute Gasteiger partial charge is 0.366 e. The molecule has 1 aromatic heterocycles. The van der Waals surface area contributed by atoms with Crippen molar-refractivity contribution < 1.29 is 18.0 Å². The van der Waals surface area contributed by atoms with Crippen LogP contribution in [0.1, 0.15) is 22.4 Å². The summed E-state index contributed by atoms with van der Waals surface area (Å²) in [6, 6.07) is 14.5. The number of carbonyl (C=O) groups is 1. The first kappa shape index (κ1) is 19.3. The number of hydrogen-bond acceptors (Lipinski definition) is 3. The van der Waals surface area contributed by atoms with Crippen LogP contribution in [0.5, 0.6) is 0 Å². The van der Waals surface area contributed by atoms with Gasteiger partial charge in [0.25, 0.3) is 0 Å². The number of alkyl halides is 3. The molecule has 0 saturated heterocycles. The summed E-state index contributed by atoms with van der Waals surface area (Å²) in [6.45, 7) is -0.0863. The second-order valence-electron chi connectivity index (χ2n) is 6.18. The topological polar surface area (TPSA) is 73.8 Å². The Bertz CT molecular complexity index is 994. The zero-order chi connectivity index (χ0) is 20.1. The lowest BCUT2D eigenvalue weighted by atomic mass is 10.1. The Hall–Kier alpha value is -3.42. The molecule has 0 atom stereocenters. The SMILES string of the molecule is NC(=O)C(=Cc1ccccc1)Cc1cn(Cc2ccccc2C(F)(F)F)nn1. The van der Waals surface area contributed by atoms with Crippen molar-refractivity contribution in [3.63, 3.8) is 0 Å². The van der Waals surface area contributed by atoms with E-state index in [-0.39, 0.29) is 18.5 Å². The van der Waals surface area contributed by atoms with Gasteiger partial charge >= 0.3 is 6.18 Å². The van der Waals surface area contributed by atoms with Gasteiger partial charge in [-0.3, -0.25) is 4.79 Å². The predicted octanol–water partition coefficient (Wildman–Crippen LogP) is 3.46. The number of amides is 1. The van der Waals surface area contributed by atoms with E-state index in [1.165, 1.54) is 29.1 Å². The quantitative estimate of drug-likeness (QED) is 0.660. The summed E-state index contributed by atoms with van der Waals surface area (Å²) in [5.74, 6) is -0.596. The molecule has 8 heteroatoms. The van der Waals surface area contributed by atoms with Gasteiger partial charge in [-0.25, -0.2) is 4.68 Å². The van der Waals surface area contributed by atoms with Gasteiger partial charge < -0.3 is 5.73 Å². The van der Waals surface area contributed by atoms with Crippen molar-refractivity contribution in [1.82, 2.24) is 15.0 Å². The molecule has 2 aromatic carbocycles. The molecule has 28 heavy (non-hydrogen) atoms. The zero-order valence-electron chi connectivity index (χ0n) is 14.7. The predicted molar refractivity (Wildman–Crippen MR) is 97.9 cm³/mol. The van der Waals surface area contributed by atoms with Crippen LogP contribution in [-0.4, -0.2) is 20.9 Å². The first-order valence-electron chi connectivity index (χ1n) is 8.42. The molecule has 1 heterocycles. The Morgan fingerprint density at radius 3 is 2.43 bits per heavy atom. The molecule has 3 rings (SSSR count). The highest BCUT2D eigenvalue weighted by atomic mass is 19.4. The molecule has 5 nitrogen and oxygen atoms in total. The van der Waals surface area contributed by atoms with Crippen LogP contribution in [0, 0.1) is 0 Å². The molecular weight excluding hydrogens is 369 g/mol. The summed E-state index contributed by atoms with van der Waals surface area (Å²) in [7, 11) is 0. The van der Waals surface area contributed by atoms with E-state index in [4.69, 9.17) is 5.73 Å². The third-order valence-electron chi connectivity index (χ3n) is 4.07. The van der Waals surface area contributed by atoms with E-state index < -0.39 is 17.6 Å². The van der Waals surface area contributed by atoms with Crippen molar-refractivity contribution >= 4 is 12.0 Å². The minimum atomic E-state index is -4.45. The number of nitrogens with two attached hydrogens (primary N) is 1. The molecule has 0 spiro atoms. The van der Waals surface area contributed by atoms with Crippen LogP contribution in [0.2, 0.25) is 0 Å². The summed E-state index contributed by atoms with van der Waals surface area (Å²) in [4.78, 5) is 11.7. The maximum Gasteiger partial charge on any atom is 0.416 e. The Kier molecular flexibility index (Phi) is 5.58. The average molecular weight is 386 g/mol. The lowest BCUT2D eigenvalue weighted by molar-refractivity contribution is -0.138. The van der Waals surface area contributed by atoms with Gasteiger partial charge in [0.15, 0.2) is 0 Å². The summed E-state index contributed by atoms with van der Waals surface area (Å²) in [5, 5.41) is 7.83. The van der Waals surface area contributed by atoms with Crippen LogP contribution in [0.3, 0.4) is 0 Å². The number of rotatable bonds is 6. The molecule has 0 aliphatic rings. The standard InChI is InChI=1S/C20H17F3N4O/c21-20(22,23)18-9-5-4-8-15(18)12-27-13-17(25-26-27)11-16(19(24)28)10-14-6-2-1-3-7-14/h1-10,13H,11-12H2,(H2,24,28). The average Bonchev–Trinajstić information content (AvgIpc) is 3.08. The Labute approximate surface area is 159 Å². The molecular formula is C20H17F3N4O. The van der Waals surface area contributed by atoms with Gasteiger partial charge in [-0.1, -0.05) is 53.7 Å². The third kappa shape index (κ3) is 4.85. The van der Waals surface area contributed by atoms with Crippen LogP contribution in [0.25, 0.3) is 6.08 Å². The monoisotopic (exact) mass is 386 g/mol. The molecule has 0 bridgehead atoms. The normalized spacial score (nSPS) is 12.2. The van der Waals surface area contributed by atoms with Crippen LogP contribution in [-0.2, 0) is 23.9 Å². The van der Waals surface area contributed by atoms with Gasteiger partial charge in [0.2, 0.25) is 5.91 Å². The van der Waals surface area contributed by atoms with E-state index in [0.29, 0.717) is 11.3 Å². The summed E-state index contributed by atoms with van der Waals surface area (Å²) >= 11 is 0. The number of benzene rings is 2. The second-order valence-corrected chi connectivity index (χ2v) is 6.18. The zero-order valence-corrected chi connectivity index (χ0v) is 14.7. The van der Waals surface area contributed by atoms with E-state index in [1.807, 2.05) is 30.3 Å². The lowest BCUT2D eigenvalue weighted by Gasteiger charge is -2.12. The molecule has 3 aromatic rings. The van der Waals surface area contributed by atoms with Gasteiger partial charge in [0.05, 0.1) is 17.8 Å². The third-order valence-corrected chi connectivity index (χ3v) is 4.07. The largest absolute Gasteiger partial charge is 0.416 e. The Morgan fingerprint density at radius 1 is 1.07 bits per heavy atom. The van der Waals surface area contributed by atoms with Crippen LogP contribution < -0.4 is 5.73 Å². The maximum atomic E-state index is 13.1. The highest BCUT2D eigenvalue weighted by Crippen LogP contribution is 2.32. The van der Waals surface area contributed by atoms with Crippen molar-refractivity contribution in [3.8, 4) is 0 Å². The van der Waals surface area contributed by atoms with Gasteiger partial charge in [0, 0.05) is 18.2 Å². The van der Waals surface area contributed by atoms with E-state index in [1.54, 1.807) is 6.08 Å². The fourth-order valence-corrected chi connectivity index (χ4v) is 2.76. The first-order valence-corrected chi connectivity index (χ1v) is 8.42. The first-order chi connectivity index (χ1) is 13.3. The summed E-state index contributed by atoms with van der Waals surface area (Å²) in [5.41, 5.74) is 6.39. The minimum absolute atomic E-state index is 0.0846. The molecule has 0 fully saturated rings. The molecule has 0 aliphatic carbocycles. The van der Waals surface area contributed by atoms with E-state index in [2.05, 4.69) is 10.3 Å². The Balaban J connectivity index is 1.79. The highest BCUT2D eigenvalue weighted by Gasteiger charge is 2.32. The van der Waals surface area contributed by atoms with E-state index in [9.17, 15) is 18.0 Å². The minimum Gasteiger partial charge on any atom is -0.366 e. The second kappa shape index (κ2) is 8.08. The number of primary amides is 1. The summed E-state index contributed by atoms with van der Waals surface area (Å²) in [6.07, 6.45) is -1.15. The van der Waals surface area contributed by atoms with Crippen LogP contribution in [0.4, 0.5) is 13.2 Å². The molecule has 0 saturated carbocycles. The number of hydrogen-bond donors (Lipinski definition) is 1. The van der Waals surface area contributed by atoms with Crippen LogP contribution in [0.15, 0.2) is 66.4 Å². The van der Waals surface area contributed by atoms with E-state index >= 15 is 0 Å². The number of carbonyl (C=O) groups excluding carboxylic acids is 1. The number of aromatic nitrogens is 3. The molecule has 0 aliphatic heterocycles. The lowest BCUT2D eigenvalue weighted by Crippen LogP contribution is -2.15. The highest BCUT2D eigenvalue weighted by molar-refractivity contribution is 5.96. The molecule has 0 unspecified atom stereocenters. The van der Waals surface area contributed by atoms with Crippen molar-refractivity contribution in [2.75, 3.05) is 0 Å². The van der Waals surface area contributed by atoms with Gasteiger partial charge in [-0.15, -0.1) is 5.10 Å². The fourth-order valence-electron chi connectivity index (χ4n) is 2.76. The number of nitrogens with zero attached hydrogens (tertiary/aromatic N) is 3. The number of halogens is 3. The van der Waals surface area contributed by atoms with Gasteiger partial charge in [-0.2, -0.15) is 13.2 Å². The van der Waals surface area contributed by atoms with Crippen molar-refractivity contribution in [3.05, 3.63) is 88.8 Å². The van der Waals surface area contributed by atoms with Crippen molar-refractivity contribution in [2.45, 2.75) is 19.1 Å². The Morgan fingerprint density at radius 2 is 1.75 bits per heavy atom. The molecule has 1 amide bonds. The van der Waals surface area contributed by atoms with Crippen molar-refractivity contribution in [2.24, 2.45) is 5.73 Å². The van der Waals surface area contributed by atoms with Crippen LogP contribution >= 0.6 is 0 Å². The maximum absolute atomic E-state index is 13.1. The van der Waals surface area contributed by atoms with Gasteiger partial charge in [-0.05, 0) is 23.3 Å². The molecule has 0 radical (unpaired) electrons. The molecule has 144 valence electrons. The van der Waals surface area contributed by atoms with Crippen molar-refractivity contribution in [1.29, 1.82) is 0 Å².